The average molecular weight is 270 g/mol. The zero-order chi connectivity index (χ0) is 14.7. The zero-order valence-electron chi connectivity index (χ0n) is 13.4. The van der Waals surface area contributed by atoms with Gasteiger partial charge >= 0.3 is 0 Å². The van der Waals surface area contributed by atoms with E-state index in [-0.39, 0.29) is 0 Å². The van der Waals surface area contributed by atoms with E-state index < -0.39 is 5.97 Å². The predicted octanol–water partition coefficient (Wildman–Crippen LogP) is 4.44. The second kappa shape index (κ2) is 10.2. The summed E-state index contributed by atoms with van der Waals surface area (Å²) < 4.78 is 16.6. The van der Waals surface area contributed by atoms with Crippen LogP contribution in [0.4, 0.5) is 0 Å². The van der Waals surface area contributed by atoms with Crippen molar-refractivity contribution in [2.75, 3.05) is 19.8 Å². The maximum atomic E-state index is 5.67. The lowest BCUT2D eigenvalue weighted by atomic mass is 10.1. The van der Waals surface area contributed by atoms with Crippen molar-refractivity contribution in [2.45, 2.75) is 60.4 Å². The van der Waals surface area contributed by atoms with E-state index >= 15 is 0 Å². The van der Waals surface area contributed by atoms with Crippen LogP contribution in [0.1, 0.15) is 54.4 Å². The van der Waals surface area contributed by atoms with Crippen LogP contribution in [0.3, 0.4) is 0 Å². The summed E-state index contributed by atoms with van der Waals surface area (Å²) >= 11 is 0. The van der Waals surface area contributed by atoms with Crippen LogP contribution in [-0.4, -0.2) is 25.8 Å². The van der Waals surface area contributed by atoms with Crippen LogP contribution in [0, 0.1) is 0 Å². The largest absolute Gasteiger partial charge is 0.328 e. The first-order valence-corrected chi connectivity index (χ1v) is 7.14. The van der Waals surface area contributed by atoms with Crippen molar-refractivity contribution in [3.63, 3.8) is 0 Å². The molecule has 0 aliphatic carbocycles. The lowest BCUT2D eigenvalue weighted by Gasteiger charge is -2.28. The molecule has 0 aliphatic heterocycles. The Morgan fingerprint density at radius 3 is 2.00 bits per heavy atom. The van der Waals surface area contributed by atoms with Crippen LogP contribution in [-0.2, 0) is 14.2 Å². The van der Waals surface area contributed by atoms with Gasteiger partial charge in [0, 0.05) is 20.1 Å². The SMILES string of the molecule is CCOC(C)(OCC)OC/C=C(\C)CCC=C(C)C. The lowest BCUT2D eigenvalue weighted by molar-refractivity contribution is -0.363. The van der Waals surface area contributed by atoms with Gasteiger partial charge in [-0.2, -0.15) is 0 Å². The molecule has 0 heterocycles. The van der Waals surface area contributed by atoms with Gasteiger partial charge in [-0.15, -0.1) is 0 Å². The highest BCUT2D eigenvalue weighted by Gasteiger charge is 2.25. The van der Waals surface area contributed by atoms with E-state index in [0.717, 1.165) is 12.8 Å². The fourth-order valence-electron chi connectivity index (χ4n) is 1.68. The Balaban J connectivity index is 4.11. The van der Waals surface area contributed by atoms with Crippen molar-refractivity contribution in [3.8, 4) is 0 Å². The molecule has 0 bridgehead atoms. The van der Waals surface area contributed by atoms with Gasteiger partial charge in [0.25, 0.3) is 5.97 Å². The van der Waals surface area contributed by atoms with Gasteiger partial charge in [0.15, 0.2) is 0 Å². The van der Waals surface area contributed by atoms with Crippen LogP contribution in [0.5, 0.6) is 0 Å². The average Bonchev–Trinajstić information content (AvgIpc) is 2.28. The summed E-state index contributed by atoms with van der Waals surface area (Å²) in [6.45, 7) is 13.7. The summed E-state index contributed by atoms with van der Waals surface area (Å²) in [7, 11) is 0. The second-order valence-electron chi connectivity index (χ2n) is 4.91. The molecular weight excluding hydrogens is 240 g/mol. The van der Waals surface area contributed by atoms with E-state index in [1.54, 1.807) is 0 Å². The van der Waals surface area contributed by atoms with E-state index in [2.05, 4.69) is 32.9 Å². The zero-order valence-corrected chi connectivity index (χ0v) is 13.4. The molecule has 0 spiro atoms. The maximum absolute atomic E-state index is 5.67. The fourth-order valence-corrected chi connectivity index (χ4v) is 1.68. The Morgan fingerprint density at radius 1 is 0.947 bits per heavy atom. The number of hydrogen-bond donors (Lipinski definition) is 0. The van der Waals surface area contributed by atoms with Gasteiger partial charge in [-0.25, -0.2) is 0 Å². The third kappa shape index (κ3) is 9.88. The summed E-state index contributed by atoms with van der Waals surface area (Å²) in [5, 5.41) is 0. The molecule has 0 rings (SSSR count). The highest BCUT2D eigenvalue weighted by molar-refractivity contribution is 5.02. The quantitative estimate of drug-likeness (QED) is 0.434. The molecular formula is C16H30O3. The highest BCUT2D eigenvalue weighted by atomic mass is 16.9. The van der Waals surface area contributed by atoms with Gasteiger partial charge < -0.3 is 14.2 Å². The third-order valence-electron chi connectivity index (χ3n) is 2.68. The second-order valence-corrected chi connectivity index (χ2v) is 4.91. The molecule has 0 amide bonds. The Hall–Kier alpha value is -0.640. The summed E-state index contributed by atoms with van der Waals surface area (Å²) in [6.07, 6.45) is 6.49. The molecule has 0 saturated heterocycles. The van der Waals surface area contributed by atoms with E-state index in [9.17, 15) is 0 Å². The third-order valence-corrected chi connectivity index (χ3v) is 2.68. The molecule has 0 aromatic rings. The van der Waals surface area contributed by atoms with Gasteiger partial charge in [-0.3, -0.25) is 0 Å². The minimum Gasteiger partial charge on any atom is -0.328 e. The van der Waals surface area contributed by atoms with E-state index in [0.29, 0.717) is 19.8 Å². The topological polar surface area (TPSA) is 27.7 Å². The molecule has 0 unspecified atom stereocenters. The van der Waals surface area contributed by atoms with Crippen LogP contribution >= 0.6 is 0 Å². The molecule has 0 fully saturated rings. The minimum absolute atomic E-state index is 0.511. The van der Waals surface area contributed by atoms with Gasteiger partial charge in [0.05, 0.1) is 6.61 Å². The number of allylic oxidation sites excluding steroid dienone is 3. The molecule has 112 valence electrons. The minimum atomic E-state index is -0.930. The molecule has 0 radical (unpaired) electrons. The monoisotopic (exact) mass is 270 g/mol. The van der Waals surface area contributed by atoms with E-state index in [1.807, 2.05) is 20.8 Å². The Bertz CT molecular complexity index is 282. The van der Waals surface area contributed by atoms with Crippen molar-refractivity contribution < 1.29 is 14.2 Å². The van der Waals surface area contributed by atoms with E-state index in [1.165, 1.54) is 11.1 Å². The van der Waals surface area contributed by atoms with Gasteiger partial charge in [0.2, 0.25) is 0 Å². The molecule has 0 N–H and O–H groups in total. The van der Waals surface area contributed by atoms with Crippen LogP contribution < -0.4 is 0 Å². The van der Waals surface area contributed by atoms with Crippen LogP contribution in [0.2, 0.25) is 0 Å². The Labute approximate surface area is 118 Å². The number of hydrogen-bond acceptors (Lipinski definition) is 3. The summed E-state index contributed by atoms with van der Waals surface area (Å²) in [6, 6.07) is 0. The molecule has 3 nitrogen and oxygen atoms in total. The molecule has 0 atom stereocenters. The van der Waals surface area contributed by atoms with Crippen molar-refractivity contribution in [1.82, 2.24) is 0 Å². The molecule has 0 aromatic heterocycles. The lowest BCUT2D eigenvalue weighted by Crippen LogP contribution is -2.36. The Morgan fingerprint density at radius 2 is 1.53 bits per heavy atom. The predicted molar refractivity (Wildman–Crippen MR) is 80.0 cm³/mol. The Kier molecular flexibility index (Phi) is 9.84. The van der Waals surface area contributed by atoms with Crippen LogP contribution in [0.15, 0.2) is 23.3 Å². The smallest absolute Gasteiger partial charge is 0.280 e. The maximum Gasteiger partial charge on any atom is 0.280 e. The summed E-state index contributed by atoms with van der Waals surface area (Å²) in [4.78, 5) is 0. The number of ether oxygens (including phenoxy) is 3. The first-order chi connectivity index (χ1) is 8.93. The van der Waals surface area contributed by atoms with Gasteiger partial charge in [0.1, 0.15) is 0 Å². The van der Waals surface area contributed by atoms with Gasteiger partial charge in [-0.05, 0) is 47.5 Å². The highest BCUT2D eigenvalue weighted by Crippen LogP contribution is 2.15. The molecule has 0 saturated carbocycles. The molecule has 3 heteroatoms. The first-order valence-electron chi connectivity index (χ1n) is 7.14. The van der Waals surface area contributed by atoms with Crippen molar-refractivity contribution in [1.29, 1.82) is 0 Å². The standard InChI is InChI=1S/C16H30O3/c1-7-17-16(6,18-8-2)19-13-12-15(5)11-9-10-14(3)4/h10,12H,7-9,11,13H2,1-6H3/b15-12+. The fraction of sp³-hybridized carbons (Fsp3) is 0.750. The summed E-state index contributed by atoms with van der Waals surface area (Å²) in [5.74, 6) is -0.930. The normalized spacial score (nSPS) is 12.6. The van der Waals surface area contributed by atoms with Crippen LogP contribution in [0.25, 0.3) is 0 Å². The van der Waals surface area contributed by atoms with Crippen molar-refractivity contribution in [2.24, 2.45) is 0 Å². The molecule has 0 aromatic carbocycles. The molecule has 0 aliphatic rings. The molecule has 19 heavy (non-hydrogen) atoms. The number of rotatable bonds is 10. The van der Waals surface area contributed by atoms with E-state index in [4.69, 9.17) is 14.2 Å². The first kappa shape index (κ1) is 18.4. The summed E-state index contributed by atoms with van der Waals surface area (Å²) in [5.41, 5.74) is 2.69. The van der Waals surface area contributed by atoms with Gasteiger partial charge in [-0.1, -0.05) is 23.3 Å². The van der Waals surface area contributed by atoms with Crippen molar-refractivity contribution in [3.05, 3.63) is 23.3 Å². The van der Waals surface area contributed by atoms with Crippen molar-refractivity contribution >= 4 is 0 Å².